The van der Waals surface area contributed by atoms with Gasteiger partial charge in [-0.3, -0.25) is 4.90 Å². The van der Waals surface area contributed by atoms with Gasteiger partial charge >= 0.3 is 6.09 Å². The number of amides is 1. The molecule has 0 saturated heterocycles. The Bertz CT molecular complexity index is 1130. The summed E-state index contributed by atoms with van der Waals surface area (Å²) in [5.41, 5.74) is 5.37. The largest absolute Gasteiger partial charge is 0.465 e. The normalized spacial score (nSPS) is 17.9. The number of H-pyrrole nitrogens is 1. The topological polar surface area (TPSA) is 54.6 Å². The number of aromatic amines is 1. The summed E-state index contributed by atoms with van der Waals surface area (Å²) in [4.78, 5) is 18.1. The SMILES string of the molecule is CCOC(=O)N1CCc2c([nH]c3ccc(Cl)cc23)C1C1=COc2ccccc2C1. The van der Waals surface area contributed by atoms with E-state index in [2.05, 4.69) is 11.1 Å². The van der Waals surface area contributed by atoms with E-state index in [1.165, 1.54) is 5.56 Å². The maximum atomic E-state index is 12.8. The van der Waals surface area contributed by atoms with Crippen molar-refractivity contribution < 1.29 is 14.3 Å². The smallest absolute Gasteiger partial charge is 0.410 e. The van der Waals surface area contributed by atoms with Crippen LogP contribution < -0.4 is 4.74 Å². The number of nitrogens with one attached hydrogen (secondary N) is 1. The predicted molar refractivity (Wildman–Crippen MR) is 112 cm³/mol. The second kappa shape index (κ2) is 7.16. The van der Waals surface area contributed by atoms with Crippen molar-refractivity contribution in [2.24, 2.45) is 0 Å². The summed E-state index contributed by atoms with van der Waals surface area (Å²) in [5.74, 6) is 0.860. The maximum absolute atomic E-state index is 12.8. The number of halogens is 1. The molecular formula is C23H21ClN2O3. The zero-order chi connectivity index (χ0) is 20.0. The van der Waals surface area contributed by atoms with Gasteiger partial charge in [0.2, 0.25) is 0 Å². The molecule has 6 heteroatoms. The van der Waals surface area contributed by atoms with E-state index in [1.54, 1.807) is 11.2 Å². The quantitative estimate of drug-likeness (QED) is 0.618. The zero-order valence-corrected chi connectivity index (χ0v) is 16.8. The first-order chi connectivity index (χ1) is 14.2. The van der Waals surface area contributed by atoms with Gasteiger partial charge in [-0.15, -0.1) is 0 Å². The van der Waals surface area contributed by atoms with Crippen LogP contribution in [0.2, 0.25) is 5.02 Å². The van der Waals surface area contributed by atoms with Gasteiger partial charge in [0, 0.05) is 34.6 Å². The van der Waals surface area contributed by atoms with Crippen molar-refractivity contribution in [3.05, 3.63) is 76.1 Å². The van der Waals surface area contributed by atoms with E-state index >= 15 is 0 Å². The predicted octanol–water partition coefficient (Wildman–Crippen LogP) is 5.40. The van der Waals surface area contributed by atoms with Crippen LogP contribution in [0.15, 0.2) is 54.3 Å². The number of nitrogens with zero attached hydrogens (tertiary/aromatic N) is 1. The molecule has 3 aromatic rings. The Balaban J connectivity index is 1.62. The van der Waals surface area contributed by atoms with Crippen LogP contribution in [0.1, 0.15) is 29.8 Å². The van der Waals surface area contributed by atoms with Gasteiger partial charge in [0.1, 0.15) is 11.8 Å². The molecular weight excluding hydrogens is 388 g/mol. The standard InChI is InChI=1S/C23H21ClN2O3/c1-2-28-23(27)26-10-9-17-18-12-16(24)7-8-19(18)25-21(17)22(26)15-11-14-5-3-4-6-20(14)29-13-15/h3-8,12-13,22,25H,2,9-11H2,1H3. The lowest BCUT2D eigenvalue weighted by atomic mass is 9.89. The Labute approximate surface area is 173 Å². The molecule has 29 heavy (non-hydrogen) atoms. The number of rotatable bonds is 2. The second-order valence-corrected chi connectivity index (χ2v) is 7.78. The van der Waals surface area contributed by atoms with Crippen LogP contribution in [0, 0.1) is 0 Å². The van der Waals surface area contributed by atoms with E-state index < -0.39 is 0 Å². The van der Waals surface area contributed by atoms with Crippen molar-refractivity contribution in [3.63, 3.8) is 0 Å². The third-order valence-corrected chi connectivity index (χ3v) is 5.88. The zero-order valence-electron chi connectivity index (χ0n) is 16.1. The molecule has 1 aromatic heterocycles. The molecule has 5 nitrogen and oxygen atoms in total. The van der Waals surface area contributed by atoms with Crippen LogP contribution in [-0.4, -0.2) is 29.1 Å². The summed E-state index contributed by atoms with van der Waals surface area (Å²) in [6, 6.07) is 13.6. The molecule has 2 aliphatic heterocycles. The lowest BCUT2D eigenvalue weighted by Crippen LogP contribution is -2.42. The molecule has 0 radical (unpaired) electrons. The number of hydrogen-bond acceptors (Lipinski definition) is 3. The lowest BCUT2D eigenvalue weighted by molar-refractivity contribution is 0.0914. The average molecular weight is 409 g/mol. The highest BCUT2D eigenvalue weighted by molar-refractivity contribution is 6.31. The van der Waals surface area contributed by atoms with Crippen molar-refractivity contribution in [3.8, 4) is 5.75 Å². The Kier molecular flexibility index (Phi) is 4.47. The second-order valence-electron chi connectivity index (χ2n) is 7.35. The molecule has 2 aliphatic rings. The monoisotopic (exact) mass is 408 g/mol. The van der Waals surface area contributed by atoms with E-state index in [-0.39, 0.29) is 12.1 Å². The number of carbonyl (C=O) groups is 1. The fourth-order valence-electron chi connectivity index (χ4n) is 4.38. The Morgan fingerprint density at radius 3 is 3.03 bits per heavy atom. The van der Waals surface area contributed by atoms with Gasteiger partial charge in [-0.05, 0) is 54.3 Å². The lowest BCUT2D eigenvalue weighted by Gasteiger charge is -2.37. The summed E-state index contributed by atoms with van der Waals surface area (Å²) < 4.78 is 11.3. The van der Waals surface area contributed by atoms with E-state index in [9.17, 15) is 4.79 Å². The number of ether oxygens (including phenoxy) is 2. The first-order valence-corrected chi connectivity index (χ1v) is 10.2. The minimum absolute atomic E-state index is 0.266. The molecule has 1 N–H and O–H groups in total. The van der Waals surface area contributed by atoms with Crippen molar-refractivity contribution in [2.45, 2.75) is 25.8 Å². The van der Waals surface area contributed by atoms with Crippen LogP contribution in [0.4, 0.5) is 4.79 Å². The number of fused-ring (bicyclic) bond motifs is 4. The molecule has 0 fully saturated rings. The molecule has 3 heterocycles. The van der Waals surface area contributed by atoms with E-state index in [4.69, 9.17) is 21.1 Å². The van der Waals surface area contributed by atoms with Gasteiger partial charge in [0.05, 0.1) is 12.9 Å². The molecule has 1 atom stereocenters. The fourth-order valence-corrected chi connectivity index (χ4v) is 4.55. The maximum Gasteiger partial charge on any atom is 0.410 e. The molecule has 0 saturated carbocycles. The van der Waals surface area contributed by atoms with Crippen molar-refractivity contribution in [1.82, 2.24) is 9.88 Å². The van der Waals surface area contributed by atoms with Gasteiger partial charge in [-0.1, -0.05) is 29.8 Å². The van der Waals surface area contributed by atoms with Crippen LogP contribution in [0.25, 0.3) is 10.9 Å². The van der Waals surface area contributed by atoms with Crippen LogP contribution in [0.3, 0.4) is 0 Å². The molecule has 2 aromatic carbocycles. The fraction of sp³-hybridized carbons (Fsp3) is 0.261. The average Bonchev–Trinajstić information content (AvgIpc) is 3.10. The third kappa shape index (κ3) is 3.06. The van der Waals surface area contributed by atoms with Gasteiger partial charge in [-0.2, -0.15) is 0 Å². The summed E-state index contributed by atoms with van der Waals surface area (Å²) in [6.45, 7) is 2.75. The molecule has 1 amide bonds. The number of benzene rings is 2. The van der Waals surface area contributed by atoms with Crippen LogP contribution in [-0.2, 0) is 17.6 Å². The highest BCUT2D eigenvalue weighted by Crippen LogP contribution is 2.42. The molecule has 0 bridgehead atoms. The van der Waals surface area contributed by atoms with Crippen LogP contribution in [0.5, 0.6) is 5.75 Å². The van der Waals surface area contributed by atoms with E-state index in [0.717, 1.165) is 39.9 Å². The summed E-state index contributed by atoms with van der Waals surface area (Å²) >= 11 is 6.25. The molecule has 148 valence electrons. The number of carbonyl (C=O) groups excluding carboxylic acids is 1. The van der Waals surface area contributed by atoms with Gasteiger partial charge in [0.25, 0.3) is 0 Å². The van der Waals surface area contributed by atoms with Crippen molar-refractivity contribution >= 4 is 28.6 Å². The first-order valence-electron chi connectivity index (χ1n) is 9.82. The molecule has 0 spiro atoms. The highest BCUT2D eigenvalue weighted by Gasteiger charge is 2.37. The molecule has 0 aliphatic carbocycles. The van der Waals surface area contributed by atoms with Gasteiger partial charge in [-0.25, -0.2) is 4.79 Å². The van der Waals surface area contributed by atoms with Crippen molar-refractivity contribution in [2.75, 3.05) is 13.2 Å². The third-order valence-electron chi connectivity index (χ3n) is 5.65. The molecule has 1 unspecified atom stereocenters. The number of para-hydroxylation sites is 1. The van der Waals surface area contributed by atoms with Gasteiger partial charge < -0.3 is 14.5 Å². The van der Waals surface area contributed by atoms with E-state index in [1.807, 2.05) is 43.3 Å². The minimum Gasteiger partial charge on any atom is -0.465 e. The van der Waals surface area contributed by atoms with Gasteiger partial charge in [0.15, 0.2) is 0 Å². The Morgan fingerprint density at radius 2 is 2.17 bits per heavy atom. The van der Waals surface area contributed by atoms with Crippen molar-refractivity contribution in [1.29, 1.82) is 0 Å². The molecule has 5 rings (SSSR count). The highest BCUT2D eigenvalue weighted by atomic mass is 35.5. The summed E-state index contributed by atoms with van der Waals surface area (Å²) in [6.07, 6.45) is 2.94. The summed E-state index contributed by atoms with van der Waals surface area (Å²) in [7, 11) is 0. The minimum atomic E-state index is -0.306. The van der Waals surface area contributed by atoms with E-state index in [0.29, 0.717) is 24.6 Å². The number of aromatic nitrogens is 1. The number of hydrogen-bond donors (Lipinski definition) is 1. The first kappa shape index (κ1) is 18.1. The van der Waals surface area contributed by atoms with Crippen LogP contribution >= 0.6 is 11.6 Å². The Morgan fingerprint density at radius 1 is 1.31 bits per heavy atom. The Hall–Kier alpha value is -2.92. The summed E-state index contributed by atoms with van der Waals surface area (Å²) in [5, 5.41) is 1.82.